The standard InChI is InChI=1S/C15H22N4O/c1-3-12-14-13(17-11-6-9-20-10-7-11)5-8-16-15(14)19(4-2)18-12/h5,8,11H,3-4,6-7,9-10H2,1-2H3,(H,16,17). The van der Waals surface area contributed by atoms with Crippen molar-refractivity contribution in [3.05, 3.63) is 18.0 Å². The zero-order chi connectivity index (χ0) is 13.9. The molecule has 0 bridgehead atoms. The first-order valence-corrected chi connectivity index (χ1v) is 7.52. The highest BCUT2D eigenvalue weighted by molar-refractivity contribution is 5.91. The second kappa shape index (κ2) is 5.79. The second-order valence-electron chi connectivity index (χ2n) is 5.20. The lowest BCUT2D eigenvalue weighted by atomic mass is 10.1. The van der Waals surface area contributed by atoms with Gasteiger partial charge in [0.25, 0.3) is 0 Å². The summed E-state index contributed by atoms with van der Waals surface area (Å²) in [6.07, 6.45) is 4.93. The van der Waals surface area contributed by atoms with Crippen molar-refractivity contribution >= 4 is 16.7 Å². The number of pyridine rings is 1. The third-order valence-corrected chi connectivity index (χ3v) is 3.92. The van der Waals surface area contributed by atoms with E-state index in [1.807, 2.05) is 10.9 Å². The maximum atomic E-state index is 5.42. The summed E-state index contributed by atoms with van der Waals surface area (Å²) >= 11 is 0. The first-order chi connectivity index (χ1) is 9.83. The van der Waals surface area contributed by atoms with Gasteiger partial charge in [0.15, 0.2) is 5.65 Å². The Balaban J connectivity index is 1.99. The Kier molecular flexibility index (Phi) is 3.87. The van der Waals surface area contributed by atoms with E-state index < -0.39 is 0 Å². The van der Waals surface area contributed by atoms with E-state index in [0.717, 1.165) is 50.4 Å². The number of nitrogens with one attached hydrogen (secondary N) is 1. The quantitative estimate of drug-likeness (QED) is 0.931. The number of aryl methyl sites for hydroxylation is 2. The van der Waals surface area contributed by atoms with Crippen LogP contribution in [0.15, 0.2) is 12.3 Å². The predicted octanol–water partition coefficient (Wildman–Crippen LogP) is 2.60. The molecule has 0 aromatic carbocycles. The fourth-order valence-electron chi connectivity index (χ4n) is 2.82. The normalized spacial score (nSPS) is 16.7. The molecule has 20 heavy (non-hydrogen) atoms. The molecule has 108 valence electrons. The van der Waals surface area contributed by atoms with Crippen LogP contribution in [0.3, 0.4) is 0 Å². The Morgan fingerprint density at radius 2 is 2.15 bits per heavy atom. The maximum absolute atomic E-state index is 5.42. The molecule has 0 unspecified atom stereocenters. The van der Waals surface area contributed by atoms with Crippen LogP contribution < -0.4 is 5.32 Å². The average Bonchev–Trinajstić information content (AvgIpc) is 2.87. The van der Waals surface area contributed by atoms with Crippen molar-refractivity contribution in [3.63, 3.8) is 0 Å². The molecule has 1 saturated heterocycles. The van der Waals surface area contributed by atoms with Crippen molar-refractivity contribution in [2.45, 2.75) is 45.7 Å². The topological polar surface area (TPSA) is 52.0 Å². The molecular weight excluding hydrogens is 252 g/mol. The number of hydrogen-bond donors (Lipinski definition) is 1. The third-order valence-electron chi connectivity index (χ3n) is 3.92. The molecule has 0 radical (unpaired) electrons. The van der Waals surface area contributed by atoms with Crippen LogP contribution in [0.5, 0.6) is 0 Å². The molecule has 0 atom stereocenters. The van der Waals surface area contributed by atoms with Crippen LogP contribution in [0.25, 0.3) is 11.0 Å². The number of rotatable bonds is 4. The molecule has 0 saturated carbocycles. The SMILES string of the molecule is CCc1nn(CC)c2nccc(NC3CCOCC3)c12. The number of hydrogen-bond acceptors (Lipinski definition) is 4. The molecule has 5 nitrogen and oxygen atoms in total. The molecule has 0 aliphatic carbocycles. The minimum absolute atomic E-state index is 0.490. The monoisotopic (exact) mass is 274 g/mol. The van der Waals surface area contributed by atoms with Gasteiger partial charge in [0.1, 0.15) is 0 Å². The first kappa shape index (κ1) is 13.4. The zero-order valence-electron chi connectivity index (χ0n) is 12.2. The molecular formula is C15H22N4O. The second-order valence-corrected chi connectivity index (χ2v) is 5.20. The van der Waals surface area contributed by atoms with Crippen molar-refractivity contribution in [1.82, 2.24) is 14.8 Å². The highest BCUT2D eigenvalue weighted by Gasteiger charge is 2.18. The van der Waals surface area contributed by atoms with E-state index in [2.05, 4.69) is 35.3 Å². The Morgan fingerprint density at radius 1 is 1.35 bits per heavy atom. The highest BCUT2D eigenvalue weighted by Crippen LogP contribution is 2.27. The molecule has 2 aromatic heterocycles. The summed E-state index contributed by atoms with van der Waals surface area (Å²) in [7, 11) is 0. The lowest BCUT2D eigenvalue weighted by molar-refractivity contribution is 0.0905. The van der Waals surface area contributed by atoms with Crippen molar-refractivity contribution in [2.75, 3.05) is 18.5 Å². The van der Waals surface area contributed by atoms with Crippen LogP contribution in [0, 0.1) is 0 Å². The van der Waals surface area contributed by atoms with E-state index in [9.17, 15) is 0 Å². The number of fused-ring (bicyclic) bond motifs is 1. The number of ether oxygens (including phenoxy) is 1. The van der Waals surface area contributed by atoms with Gasteiger partial charge in [0, 0.05) is 37.7 Å². The Bertz CT molecular complexity index is 587. The van der Waals surface area contributed by atoms with Crippen LogP contribution in [0.1, 0.15) is 32.4 Å². The van der Waals surface area contributed by atoms with Gasteiger partial charge in [-0.25, -0.2) is 9.67 Å². The summed E-state index contributed by atoms with van der Waals surface area (Å²) in [6, 6.07) is 2.56. The van der Waals surface area contributed by atoms with Gasteiger partial charge < -0.3 is 10.1 Å². The van der Waals surface area contributed by atoms with Gasteiger partial charge in [0.2, 0.25) is 0 Å². The Labute approximate surface area is 119 Å². The number of anilines is 1. The third kappa shape index (κ3) is 2.38. The summed E-state index contributed by atoms with van der Waals surface area (Å²) in [5.41, 5.74) is 3.28. The van der Waals surface area contributed by atoms with Crippen molar-refractivity contribution < 1.29 is 4.74 Å². The highest BCUT2D eigenvalue weighted by atomic mass is 16.5. The predicted molar refractivity (Wildman–Crippen MR) is 80.0 cm³/mol. The fourth-order valence-corrected chi connectivity index (χ4v) is 2.82. The molecule has 3 heterocycles. The molecule has 1 aliphatic heterocycles. The molecule has 2 aromatic rings. The smallest absolute Gasteiger partial charge is 0.160 e. The van der Waals surface area contributed by atoms with E-state index in [1.165, 1.54) is 11.1 Å². The lowest BCUT2D eigenvalue weighted by Crippen LogP contribution is -2.27. The van der Waals surface area contributed by atoms with E-state index in [0.29, 0.717) is 6.04 Å². The fraction of sp³-hybridized carbons (Fsp3) is 0.600. The molecule has 1 aliphatic rings. The summed E-state index contributed by atoms with van der Waals surface area (Å²) in [4.78, 5) is 4.51. The van der Waals surface area contributed by atoms with Crippen LogP contribution in [0.2, 0.25) is 0 Å². The molecule has 5 heteroatoms. The van der Waals surface area contributed by atoms with Gasteiger partial charge in [-0.3, -0.25) is 0 Å². The molecule has 1 N–H and O–H groups in total. The van der Waals surface area contributed by atoms with Crippen molar-refractivity contribution in [3.8, 4) is 0 Å². The van der Waals surface area contributed by atoms with E-state index in [-0.39, 0.29) is 0 Å². The van der Waals surface area contributed by atoms with E-state index in [4.69, 9.17) is 4.74 Å². The van der Waals surface area contributed by atoms with Crippen LogP contribution >= 0.6 is 0 Å². The van der Waals surface area contributed by atoms with Gasteiger partial charge in [-0.15, -0.1) is 0 Å². The molecule has 3 rings (SSSR count). The van der Waals surface area contributed by atoms with Crippen molar-refractivity contribution in [1.29, 1.82) is 0 Å². The van der Waals surface area contributed by atoms with Gasteiger partial charge in [-0.05, 0) is 32.3 Å². The average molecular weight is 274 g/mol. The van der Waals surface area contributed by atoms with Gasteiger partial charge in [-0.1, -0.05) is 6.92 Å². The summed E-state index contributed by atoms with van der Waals surface area (Å²) in [6.45, 7) is 6.80. The van der Waals surface area contributed by atoms with Gasteiger partial charge >= 0.3 is 0 Å². The van der Waals surface area contributed by atoms with E-state index in [1.54, 1.807) is 0 Å². The zero-order valence-corrected chi connectivity index (χ0v) is 12.2. The molecule has 0 spiro atoms. The lowest BCUT2D eigenvalue weighted by Gasteiger charge is -2.24. The first-order valence-electron chi connectivity index (χ1n) is 7.52. The van der Waals surface area contributed by atoms with E-state index >= 15 is 0 Å². The van der Waals surface area contributed by atoms with Gasteiger partial charge in [0.05, 0.1) is 11.1 Å². The Hall–Kier alpha value is -1.62. The summed E-state index contributed by atoms with van der Waals surface area (Å²) < 4.78 is 7.41. The minimum Gasteiger partial charge on any atom is -0.381 e. The number of aromatic nitrogens is 3. The van der Waals surface area contributed by atoms with Crippen molar-refractivity contribution in [2.24, 2.45) is 0 Å². The molecule has 1 fully saturated rings. The van der Waals surface area contributed by atoms with Crippen LogP contribution in [0.4, 0.5) is 5.69 Å². The largest absolute Gasteiger partial charge is 0.381 e. The maximum Gasteiger partial charge on any atom is 0.160 e. The summed E-state index contributed by atoms with van der Waals surface area (Å²) in [5, 5.41) is 9.52. The molecule has 0 amide bonds. The van der Waals surface area contributed by atoms with Crippen LogP contribution in [-0.4, -0.2) is 34.0 Å². The van der Waals surface area contributed by atoms with Gasteiger partial charge in [-0.2, -0.15) is 5.10 Å². The Morgan fingerprint density at radius 3 is 2.85 bits per heavy atom. The van der Waals surface area contributed by atoms with Crippen LogP contribution in [-0.2, 0) is 17.7 Å². The number of nitrogens with zero attached hydrogens (tertiary/aromatic N) is 3. The summed E-state index contributed by atoms with van der Waals surface area (Å²) in [5.74, 6) is 0. The minimum atomic E-state index is 0.490.